The summed E-state index contributed by atoms with van der Waals surface area (Å²) in [6.07, 6.45) is 10.5. The molecule has 1 saturated carbocycles. The molecular weight excluding hydrogens is 682 g/mol. The van der Waals surface area contributed by atoms with E-state index in [-0.39, 0.29) is 49.9 Å². The van der Waals surface area contributed by atoms with Crippen molar-refractivity contribution in [3.05, 3.63) is 58.6 Å². The fraction of sp³-hybridized carbons (Fsp3) is 0.611. The molecule has 3 fully saturated rings. The molecule has 0 unspecified atom stereocenters. The number of allylic oxidation sites excluding steroid dienone is 1. The molecule has 1 aromatic rings. The predicted molar refractivity (Wildman–Crippen MR) is 179 cm³/mol. The van der Waals surface area contributed by atoms with Crippen LogP contribution >= 0.6 is 15.9 Å². The third kappa shape index (κ3) is 6.60. The molecule has 2 N–H and O–H groups in total. The van der Waals surface area contributed by atoms with Crippen molar-refractivity contribution in [3.8, 4) is 0 Å². The molecule has 11 nitrogen and oxygen atoms in total. The highest BCUT2D eigenvalue weighted by Gasteiger charge is 2.75. The Kier molecular flexibility index (Phi) is 11.0. The summed E-state index contributed by atoms with van der Waals surface area (Å²) < 4.78 is 19.1. The van der Waals surface area contributed by atoms with Crippen molar-refractivity contribution in [2.75, 3.05) is 33.4 Å². The Morgan fingerprint density at radius 1 is 1.02 bits per heavy atom. The number of esters is 1. The van der Waals surface area contributed by atoms with Crippen LogP contribution in [0.3, 0.4) is 0 Å². The van der Waals surface area contributed by atoms with E-state index in [0.717, 1.165) is 32.1 Å². The van der Waals surface area contributed by atoms with Crippen LogP contribution in [0.4, 0.5) is 0 Å². The topological polar surface area (TPSA) is 135 Å². The lowest BCUT2D eigenvalue weighted by molar-refractivity contribution is -0.162. The number of likely N-dealkylation sites (tertiary alicyclic amines) is 1. The number of aliphatic hydroxyl groups excluding tert-OH is 1. The Labute approximate surface area is 290 Å². The number of nitrogens with zero attached hydrogens (tertiary/aromatic N) is 2. The number of amides is 3. The minimum absolute atomic E-state index is 0.000607. The number of carbonyl (C=O) groups excluding carboxylic acids is 4. The Morgan fingerprint density at radius 3 is 2.52 bits per heavy atom. The summed E-state index contributed by atoms with van der Waals surface area (Å²) >= 11 is 3.63. The SMILES string of the molecule is COC[C@@H]1NC(=O)CC/C=C\CN(C2CCCCC2)C(=O)[C@H]2N(CCCCO)C(=O)[C@@H]3[C@@H](C(=O)O[C@H]1c1ccccc1)[C@@H]1O[C@@]32C=C1Br. The number of cyclic esters (lactones) is 1. The van der Waals surface area contributed by atoms with Gasteiger partial charge in [0.1, 0.15) is 29.8 Å². The van der Waals surface area contributed by atoms with Gasteiger partial charge in [-0.25, -0.2) is 0 Å². The summed E-state index contributed by atoms with van der Waals surface area (Å²) in [6.45, 7) is 0.634. The first-order valence-electron chi connectivity index (χ1n) is 17.3. The van der Waals surface area contributed by atoms with Crippen LogP contribution in [0.5, 0.6) is 0 Å². The fourth-order valence-electron chi connectivity index (χ4n) is 8.28. The minimum atomic E-state index is -1.37. The van der Waals surface area contributed by atoms with Crippen LogP contribution in [0.2, 0.25) is 0 Å². The standard InChI is InChI=1S/C36H46BrN3O8/c1-46-22-26-30(23-13-5-2-6-14-23)47-35(45)28-29-33(43)40(19-11-12-20-41)32(36(29)21-25(37)31(28)48-36)34(44)39(24-15-7-3-8-16-24)18-10-4-9-17-27(42)38-26/h2,4-6,10,13-14,21,24,26,28-32,41H,3,7-9,11-12,15-20,22H2,1H3,(H,38,42)/b10-4-/t26-,28+,29-,30-,31+,32+,36-/m0/s1. The van der Waals surface area contributed by atoms with Crippen LogP contribution in [-0.2, 0) is 33.4 Å². The zero-order valence-electron chi connectivity index (χ0n) is 27.4. The number of ether oxygens (including phenoxy) is 3. The first-order chi connectivity index (χ1) is 23.3. The maximum atomic E-state index is 14.9. The second kappa shape index (κ2) is 15.2. The molecule has 48 heavy (non-hydrogen) atoms. The van der Waals surface area contributed by atoms with Crippen molar-refractivity contribution in [2.24, 2.45) is 11.8 Å². The number of hydrogen-bond acceptors (Lipinski definition) is 8. The maximum absolute atomic E-state index is 14.9. The van der Waals surface area contributed by atoms with Crippen molar-refractivity contribution in [2.45, 2.75) is 93.7 Å². The number of fused-ring (bicyclic) bond motifs is 2. The van der Waals surface area contributed by atoms with Crippen LogP contribution in [0.15, 0.2) is 53.0 Å². The summed E-state index contributed by atoms with van der Waals surface area (Å²) in [5.41, 5.74) is -0.702. The Bertz CT molecular complexity index is 1410. The van der Waals surface area contributed by atoms with Crippen LogP contribution < -0.4 is 5.32 Å². The smallest absolute Gasteiger partial charge is 0.313 e. The van der Waals surface area contributed by atoms with Crippen LogP contribution in [0, 0.1) is 11.8 Å². The summed E-state index contributed by atoms with van der Waals surface area (Å²) in [5.74, 6) is -3.41. The van der Waals surface area contributed by atoms with Crippen molar-refractivity contribution < 1.29 is 38.5 Å². The number of hydrogen-bond donors (Lipinski definition) is 2. The third-order valence-corrected chi connectivity index (χ3v) is 11.2. The lowest BCUT2D eigenvalue weighted by atomic mass is 9.74. The summed E-state index contributed by atoms with van der Waals surface area (Å²) in [5, 5.41) is 12.6. The van der Waals surface area contributed by atoms with Gasteiger partial charge < -0.3 is 34.4 Å². The summed E-state index contributed by atoms with van der Waals surface area (Å²) in [7, 11) is 1.52. The van der Waals surface area contributed by atoms with Gasteiger partial charge in [0.05, 0.1) is 18.6 Å². The van der Waals surface area contributed by atoms with Gasteiger partial charge in [-0.3, -0.25) is 19.2 Å². The number of benzene rings is 1. The van der Waals surface area contributed by atoms with E-state index in [1.165, 1.54) is 7.11 Å². The van der Waals surface area contributed by atoms with Crippen molar-refractivity contribution in [3.63, 3.8) is 0 Å². The van der Waals surface area contributed by atoms with Crippen molar-refractivity contribution in [1.29, 1.82) is 0 Å². The monoisotopic (exact) mass is 727 g/mol. The van der Waals surface area contributed by atoms with Gasteiger partial charge in [-0.2, -0.15) is 0 Å². The second-order valence-corrected chi connectivity index (χ2v) is 14.4. The van der Waals surface area contributed by atoms with Crippen LogP contribution in [0.25, 0.3) is 0 Å². The third-order valence-electron chi connectivity index (χ3n) is 10.5. The zero-order valence-corrected chi connectivity index (χ0v) is 29.0. The molecule has 5 aliphatic rings. The Balaban J connectivity index is 1.44. The molecule has 2 saturated heterocycles. The molecule has 3 amide bonds. The Morgan fingerprint density at radius 2 is 1.79 bits per heavy atom. The molecule has 6 rings (SSSR count). The van der Waals surface area contributed by atoms with Crippen molar-refractivity contribution >= 4 is 39.6 Å². The number of rotatable bonds is 8. The second-order valence-electron chi connectivity index (χ2n) is 13.5. The molecule has 260 valence electrons. The zero-order chi connectivity index (χ0) is 33.8. The predicted octanol–water partition coefficient (Wildman–Crippen LogP) is 3.56. The molecule has 4 heterocycles. The normalized spacial score (nSPS) is 33.8. The van der Waals surface area contributed by atoms with Gasteiger partial charge >= 0.3 is 5.97 Å². The molecule has 1 aromatic carbocycles. The average molecular weight is 729 g/mol. The highest BCUT2D eigenvalue weighted by molar-refractivity contribution is 9.11. The molecule has 7 atom stereocenters. The largest absolute Gasteiger partial charge is 0.455 e. The van der Waals surface area contributed by atoms with E-state index in [1.54, 1.807) is 4.90 Å². The van der Waals surface area contributed by atoms with Gasteiger partial charge in [0.2, 0.25) is 17.7 Å². The van der Waals surface area contributed by atoms with E-state index in [1.807, 2.05) is 53.5 Å². The lowest BCUT2D eigenvalue weighted by Crippen LogP contribution is -2.58. The Hall–Kier alpha value is -3.06. The fourth-order valence-corrected chi connectivity index (χ4v) is 9.02. The number of methoxy groups -OCH3 is 1. The van der Waals surface area contributed by atoms with E-state index < -0.39 is 47.7 Å². The van der Waals surface area contributed by atoms with E-state index in [4.69, 9.17) is 14.2 Å². The van der Waals surface area contributed by atoms with Gasteiger partial charge in [-0.05, 0) is 43.7 Å². The van der Waals surface area contributed by atoms with E-state index >= 15 is 0 Å². The van der Waals surface area contributed by atoms with Crippen LogP contribution in [-0.4, -0.2) is 102 Å². The van der Waals surface area contributed by atoms with Gasteiger partial charge in [-0.1, -0.05) is 77.7 Å². The van der Waals surface area contributed by atoms with Gasteiger partial charge in [0.15, 0.2) is 0 Å². The molecule has 5 bridgehead atoms. The molecule has 0 radical (unpaired) electrons. The summed E-state index contributed by atoms with van der Waals surface area (Å²) in [4.78, 5) is 60.6. The van der Waals surface area contributed by atoms with E-state index in [2.05, 4.69) is 21.2 Å². The molecule has 1 aliphatic carbocycles. The molecule has 4 aliphatic heterocycles. The molecule has 12 heteroatoms. The van der Waals surface area contributed by atoms with Gasteiger partial charge in [0, 0.05) is 43.8 Å². The quantitative estimate of drug-likeness (QED) is 0.236. The minimum Gasteiger partial charge on any atom is -0.455 e. The molecule has 0 aromatic heterocycles. The number of nitrogens with one attached hydrogen (secondary N) is 1. The highest BCUT2D eigenvalue weighted by Crippen LogP contribution is 2.59. The highest BCUT2D eigenvalue weighted by atomic mass is 79.9. The maximum Gasteiger partial charge on any atom is 0.313 e. The van der Waals surface area contributed by atoms with E-state index in [0.29, 0.717) is 35.9 Å². The molecule has 1 spiro atoms. The molecular formula is C36H46BrN3O8. The van der Waals surface area contributed by atoms with Crippen molar-refractivity contribution in [1.82, 2.24) is 15.1 Å². The first-order valence-corrected chi connectivity index (χ1v) is 18.1. The number of halogens is 1. The summed E-state index contributed by atoms with van der Waals surface area (Å²) in [6, 6.07) is 7.48. The first kappa shape index (κ1) is 34.8. The van der Waals surface area contributed by atoms with Gasteiger partial charge in [-0.15, -0.1) is 0 Å². The van der Waals surface area contributed by atoms with Gasteiger partial charge in [0.25, 0.3) is 0 Å². The average Bonchev–Trinajstić information content (AvgIpc) is 3.68. The lowest BCUT2D eigenvalue weighted by Gasteiger charge is -2.40. The van der Waals surface area contributed by atoms with Crippen LogP contribution in [0.1, 0.15) is 69.5 Å². The number of unbranched alkanes of at least 4 members (excludes halogenated alkanes) is 1. The number of aliphatic hydroxyl groups is 1. The van der Waals surface area contributed by atoms with E-state index in [9.17, 15) is 24.3 Å². The number of carbonyl (C=O) groups is 4.